The Morgan fingerprint density at radius 3 is 2.67 bits per heavy atom. The van der Waals surface area contributed by atoms with Gasteiger partial charge in [0.05, 0.1) is 24.4 Å². The lowest BCUT2D eigenvalue weighted by atomic mass is 10.1. The Morgan fingerprint density at radius 2 is 2.14 bits per heavy atom. The molecule has 21 heavy (non-hydrogen) atoms. The molecule has 1 aromatic rings. The predicted molar refractivity (Wildman–Crippen MR) is 76.1 cm³/mol. The number of carbonyl (C=O) groups excluding carboxylic acids is 1. The summed E-state index contributed by atoms with van der Waals surface area (Å²) < 4.78 is 26.5. The number of carbonyl (C=O) groups is 1. The zero-order valence-corrected chi connectivity index (χ0v) is 13.1. The largest absolute Gasteiger partial charge is 0.391 e. The molecule has 0 saturated carbocycles. The predicted octanol–water partition coefficient (Wildman–Crippen LogP) is -1.26. The molecule has 1 amide bonds. The van der Waals surface area contributed by atoms with Crippen LogP contribution in [0.25, 0.3) is 0 Å². The van der Waals surface area contributed by atoms with Crippen LogP contribution in [0.1, 0.15) is 10.5 Å². The zero-order valence-electron chi connectivity index (χ0n) is 12.3. The fraction of sp³-hybridized carbons (Fsp3) is 0.667. The molecule has 2 atom stereocenters. The van der Waals surface area contributed by atoms with Crippen LogP contribution in [0, 0.1) is 5.92 Å². The minimum Gasteiger partial charge on any atom is -0.391 e. The Bertz CT molecular complexity index is 625. The molecule has 1 aliphatic rings. The number of aryl methyl sites for hydroxylation is 1. The first-order chi connectivity index (χ1) is 9.72. The fourth-order valence-electron chi connectivity index (χ4n) is 2.33. The average Bonchev–Trinajstić information content (AvgIpc) is 2.95. The van der Waals surface area contributed by atoms with E-state index in [9.17, 15) is 18.3 Å². The number of hydrogen-bond donors (Lipinski definition) is 1. The summed E-state index contributed by atoms with van der Waals surface area (Å²) in [7, 11) is 1.21. The van der Waals surface area contributed by atoms with E-state index in [1.807, 2.05) is 0 Å². The van der Waals surface area contributed by atoms with Gasteiger partial charge in [0, 0.05) is 40.2 Å². The van der Waals surface area contributed by atoms with E-state index >= 15 is 0 Å². The van der Waals surface area contributed by atoms with Gasteiger partial charge < -0.3 is 14.6 Å². The molecule has 1 saturated heterocycles. The molecule has 0 unspecified atom stereocenters. The Labute approximate surface area is 124 Å². The average molecular weight is 316 g/mol. The minimum atomic E-state index is -3.41. The van der Waals surface area contributed by atoms with Crippen molar-refractivity contribution >= 4 is 15.9 Å². The lowest BCUT2D eigenvalue weighted by molar-refractivity contribution is 0.0755. The number of likely N-dealkylation sites (tertiary alicyclic amines) is 1. The van der Waals surface area contributed by atoms with Crippen molar-refractivity contribution in [2.45, 2.75) is 6.10 Å². The van der Waals surface area contributed by atoms with E-state index in [2.05, 4.69) is 4.98 Å². The molecule has 0 spiro atoms. The van der Waals surface area contributed by atoms with E-state index in [-0.39, 0.29) is 24.7 Å². The first-order valence-electron chi connectivity index (χ1n) is 6.56. The molecule has 0 aromatic carbocycles. The van der Waals surface area contributed by atoms with Crippen molar-refractivity contribution in [3.05, 3.63) is 18.2 Å². The number of aliphatic hydroxyl groups is 1. The third kappa shape index (κ3) is 3.25. The lowest BCUT2D eigenvalue weighted by Gasteiger charge is -2.18. The number of β-amino-alcohol motifs (C(OH)–C–C–N with tert-alkyl or cyclic N) is 1. The van der Waals surface area contributed by atoms with Crippen molar-refractivity contribution < 1.29 is 18.3 Å². The summed E-state index contributed by atoms with van der Waals surface area (Å²) in [5, 5.41) is 10.0. The van der Waals surface area contributed by atoms with Crippen molar-refractivity contribution in [3.8, 4) is 0 Å². The van der Waals surface area contributed by atoms with Gasteiger partial charge in [0.1, 0.15) is 5.69 Å². The highest BCUT2D eigenvalue weighted by molar-refractivity contribution is 7.89. The summed E-state index contributed by atoms with van der Waals surface area (Å²) in [4.78, 5) is 17.7. The van der Waals surface area contributed by atoms with Gasteiger partial charge in [0.2, 0.25) is 10.0 Å². The van der Waals surface area contributed by atoms with Crippen LogP contribution in [0.3, 0.4) is 0 Å². The highest BCUT2D eigenvalue weighted by Crippen LogP contribution is 2.21. The van der Waals surface area contributed by atoms with Crippen LogP contribution in [0.5, 0.6) is 0 Å². The van der Waals surface area contributed by atoms with E-state index in [4.69, 9.17) is 0 Å². The van der Waals surface area contributed by atoms with Crippen molar-refractivity contribution in [3.63, 3.8) is 0 Å². The van der Waals surface area contributed by atoms with E-state index in [1.54, 1.807) is 11.6 Å². The highest BCUT2D eigenvalue weighted by atomic mass is 32.2. The van der Waals surface area contributed by atoms with E-state index < -0.39 is 22.0 Å². The Hall–Kier alpha value is -1.45. The molecule has 2 heterocycles. The molecule has 8 nitrogen and oxygen atoms in total. The van der Waals surface area contributed by atoms with Crippen molar-refractivity contribution in [1.82, 2.24) is 18.8 Å². The van der Waals surface area contributed by atoms with Gasteiger partial charge in [-0.2, -0.15) is 0 Å². The van der Waals surface area contributed by atoms with Gasteiger partial charge >= 0.3 is 0 Å². The zero-order chi connectivity index (χ0) is 15.8. The molecule has 2 rings (SSSR count). The summed E-state index contributed by atoms with van der Waals surface area (Å²) in [6.07, 6.45) is 2.14. The molecular weight excluding hydrogens is 296 g/mol. The topological polar surface area (TPSA) is 95.7 Å². The summed E-state index contributed by atoms with van der Waals surface area (Å²) in [5.41, 5.74) is 0.415. The lowest BCUT2D eigenvalue weighted by Crippen LogP contribution is -2.34. The number of hydrogen-bond acceptors (Lipinski definition) is 5. The van der Waals surface area contributed by atoms with Gasteiger partial charge in [-0.1, -0.05) is 0 Å². The molecule has 118 valence electrons. The number of rotatable bonds is 4. The van der Waals surface area contributed by atoms with Crippen LogP contribution >= 0.6 is 0 Å². The SMILES string of the molecule is CN(C)S(=O)(=O)C[C@@H]1CN(C(=O)c2cncn2C)C[C@H]1O. The van der Waals surface area contributed by atoms with Crippen LogP contribution in [-0.4, -0.2) is 77.2 Å². The summed E-state index contributed by atoms with van der Waals surface area (Å²) >= 11 is 0. The van der Waals surface area contributed by atoms with Crippen LogP contribution in [0.15, 0.2) is 12.5 Å². The number of aromatic nitrogens is 2. The number of sulfonamides is 1. The summed E-state index contributed by atoms with van der Waals surface area (Å²) in [6, 6.07) is 0. The number of nitrogens with zero attached hydrogens (tertiary/aromatic N) is 4. The summed E-state index contributed by atoms with van der Waals surface area (Å²) in [6.45, 7) is 0.357. The van der Waals surface area contributed by atoms with E-state index in [1.165, 1.54) is 31.5 Å². The molecule has 1 N–H and O–H groups in total. The molecule has 9 heteroatoms. The van der Waals surface area contributed by atoms with Crippen LogP contribution < -0.4 is 0 Å². The second kappa shape index (κ2) is 5.74. The number of imidazole rings is 1. The van der Waals surface area contributed by atoms with Crippen LogP contribution in [0.4, 0.5) is 0 Å². The van der Waals surface area contributed by atoms with Gasteiger partial charge in [0.15, 0.2) is 0 Å². The smallest absolute Gasteiger partial charge is 0.272 e. The minimum absolute atomic E-state index is 0.137. The quantitative estimate of drug-likeness (QED) is 0.748. The first kappa shape index (κ1) is 15.9. The van der Waals surface area contributed by atoms with Crippen molar-refractivity contribution in [2.75, 3.05) is 32.9 Å². The highest BCUT2D eigenvalue weighted by Gasteiger charge is 2.38. The first-order valence-corrected chi connectivity index (χ1v) is 8.17. The molecule has 1 aliphatic heterocycles. The fourth-order valence-corrected chi connectivity index (χ4v) is 3.50. The van der Waals surface area contributed by atoms with Crippen LogP contribution in [-0.2, 0) is 17.1 Å². The van der Waals surface area contributed by atoms with Crippen LogP contribution in [0.2, 0.25) is 0 Å². The molecule has 0 bridgehead atoms. The molecule has 0 aliphatic carbocycles. The van der Waals surface area contributed by atoms with Crippen molar-refractivity contribution in [2.24, 2.45) is 13.0 Å². The van der Waals surface area contributed by atoms with E-state index in [0.29, 0.717) is 5.69 Å². The van der Waals surface area contributed by atoms with Gasteiger partial charge in [-0.3, -0.25) is 4.79 Å². The Balaban J connectivity index is 2.08. The van der Waals surface area contributed by atoms with Gasteiger partial charge in [-0.25, -0.2) is 17.7 Å². The van der Waals surface area contributed by atoms with Gasteiger partial charge in [-0.05, 0) is 0 Å². The monoisotopic (exact) mass is 316 g/mol. The second-order valence-corrected chi connectivity index (χ2v) is 7.72. The standard InChI is InChI=1S/C12H20N4O4S/c1-14(2)21(19,20)7-9-5-16(6-11(9)17)12(18)10-4-13-8-15(10)3/h4,8-9,11,17H,5-7H2,1-3H3/t9-,11+/m0/s1. The molecule has 1 aromatic heterocycles. The Kier molecular flexibility index (Phi) is 4.35. The third-order valence-electron chi connectivity index (χ3n) is 3.71. The van der Waals surface area contributed by atoms with Gasteiger partial charge in [0.25, 0.3) is 5.91 Å². The third-order valence-corrected chi connectivity index (χ3v) is 5.67. The second-order valence-electron chi connectivity index (χ2n) is 5.49. The number of amides is 1. The molecule has 0 radical (unpaired) electrons. The van der Waals surface area contributed by atoms with Gasteiger partial charge in [-0.15, -0.1) is 0 Å². The maximum absolute atomic E-state index is 12.3. The normalized spacial score (nSPS) is 23.0. The van der Waals surface area contributed by atoms with E-state index in [0.717, 1.165) is 4.31 Å². The molecule has 1 fully saturated rings. The molecular formula is C12H20N4O4S. The van der Waals surface area contributed by atoms with Crippen molar-refractivity contribution in [1.29, 1.82) is 0 Å². The maximum Gasteiger partial charge on any atom is 0.272 e. The number of aliphatic hydroxyl groups excluding tert-OH is 1. The maximum atomic E-state index is 12.3. The Morgan fingerprint density at radius 1 is 1.48 bits per heavy atom. The summed E-state index contributed by atoms with van der Waals surface area (Å²) in [5.74, 6) is -0.899.